The van der Waals surface area contributed by atoms with Crippen molar-refractivity contribution in [3.05, 3.63) is 29.3 Å². The maximum atomic E-state index is 12.7. The highest BCUT2D eigenvalue weighted by Crippen LogP contribution is 2.68. The molecular weight excluding hydrogens is 312 g/mol. The number of fused-ring (bicyclic) bond motifs is 2. The number of hydrogen-bond acceptors (Lipinski definition) is 3. The topological polar surface area (TPSA) is 43.8 Å². The quantitative estimate of drug-likeness (QED) is 0.853. The molecule has 3 aliphatic carbocycles. The highest BCUT2D eigenvalue weighted by molar-refractivity contribution is 5.81. The number of benzene rings is 1. The van der Waals surface area contributed by atoms with E-state index in [0.29, 0.717) is 34.9 Å². The third-order valence-electron chi connectivity index (χ3n) is 8.08. The Morgan fingerprint density at radius 2 is 2.16 bits per heavy atom. The van der Waals surface area contributed by atoms with Gasteiger partial charge in [-0.05, 0) is 62.4 Å². The summed E-state index contributed by atoms with van der Waals surface area (Å²) in [6.07, 6.45) is 5.65. The highest BCUT2D eigenvalue weighted by Gasteiger charge is 2.70. The van der Waals surface area contributed by atoms with Crippen molar-refractivity contribution in [2.24, 2.45) is 17.3 Å². The molecule has 1 N–H and O–H groups in total. The molecule has 1 unspecified atom stereocenters. The van der Waals surface area contributed by atoms with Crippen LogP contribution in [-0.2, 0) is 16.6 Å². The van der Waals surface area contributed by atoms with E-state index in [1.807, 2.05) is 12.1 Å². The number of rotatable bonds is 1. The molecule has 2 aliphatic heterocycles. The van der Waals surface area contributed by atoms with Crippen LogP contribution in [0.1, 0.15) is 36.8 Å². The van der Waals surface area contributed by atoms with Gasteiger partial charge in [0.15, 0.2) is 0 Å². The molecule has 1 aromatic carbocycles. The standard InChI is InChI=1S/C21H26N2O2/c1-22-12-20-9-14-4-5-15(24)8-16(14)21(11-20)6-7-23(10-17(21)18(20)22)19(25)13-2-3-13/h4-5,8,13,17-18,24H,2-3,6-7,9-12H2,1H3/t17-,18-,20?,21-/m0/s1. The molecule has 132 valence electrons. The van der Waals surface area contributed by atoms with Crippen LogP contribution in [0.4, 0.5) is 0 Å². The van der Waals surface area contributed by atoms with Crippen molar-refractivity contribution in [3.8, 4) is 5.75 Å². The van der Waals surface area contributed by atoms with E-state index in [2.05, 4.69) is 22.9 Å². The van der Waals surface area contributed by atoms with Gasteiger partial charge in [0.2, 0.25) is 5.91 Å². The Kier molecular flexibility index (Phi) is 2.57. The van der Waals surface area contributed by atoms with E-state index in [9.17, 15) is 9.90 Å². The van der Waals surface area contributed by atoms with Gasteiger partial charge in [-0.3, -0.25) is 4.79 Å². The van der Waals surface area contributed by atoms with E-state index >= 15 is 0 Å². The number of amides is 1. The Morgan fingerprint density at radius 3 is 2.92 bits per heavy atom. The van der Waals surface area contributed by atoms with Gasteiger partial charge in [-0.2, -0.15) is 0 Å². The van der Waals surface area contributed by atoms with Crippen molar-refractivity contribution in [1.29, 1.82) is 0 Å². The molecule has 2 bridgehead atoms. The Labute approximate surface area is 148 Å². The monoisotopic (exact) mass is 338 g/mol. The average Bonchev–Trinajstić information content (AvgIpc) is 3.39. The predicted octanol–water partition coefficient (Wildman–Crippen LogP) is 2.15. The van der Waals surface area contributed by atoms with Crippen LogP contribution in [0, 0.1) is 17.3 Å². The van der Waals surface area contributed by atoms with Gasteiger partial charge in [0.05, 0.1) is 0 Å². The number of piperidine rings is 1. The summed E-state index contributed by atoms with van der Waals surface area (Å²) < 4.78 is 0. The zero-order valence-electron chi connectivity index (χ0n) is 14.9. The van der Waals surface area contributed by atoms with E-state index in [1.54, 1.807) is 0 Å². The van der Waals surface area contributed by atoms with Crippen molar-refractivity contribution in [2.45, 2.75) is 43.6 Å². The minimum Gasteiger partial charge on any atom is -0.508 e. The van der Waals surface area contributed by atoms with Crippen molar-refractivity contribution >= 4 is 5.91 Å². The highest BCUT2D eigenvalue weighted by atomic mass is 16.3. The predicted molar refractivity (Wildman–Crippen MR) is 94.4 cm³/mol. The number of carbonyl (C=O) groups is 1. The van der Waals surface area contributed by atoms with Crippen LogP contribution in [0.5, 0.6) is 5.75 Å². The summed E-state index contributed by atoms with van der Waals surface area (Å²) in [5.74, 6) is 1.64. The van der Waals surface area contributed by atoms with Crippen LogP contribution in [0.2, 0.25) is 0 Å². The van der Waals surface area contributed by atoms with Gasteiger partial charge in [0, 0.05) is 48.3 Å². The first-order chi connectivity index (χ1) is 12.0. The number of likely N-dealkylation sites (tertiary alicyclic amines) is 2. The fraction of sp³-hybridized carbons (Fsp3) is 0.667. The molecular formula is C21H26N2O2. The molecule has 4 fully saturated rings. The first-order valence-corrected chi connectivity index (χ1v) is 9.84. The van der Waals surface area contributed by atoms with Gasteiger partial charge in [0.25, 0.3) is 0 Å². The molecule has 5 aliphatic rings. The molecule has 4 nitrogen and oxygen atoms in total. The van der Waals surface area contributed by atoms with E-state index in [1.165, 1.54) is 24.1 Å². The fourth-order valence-corrected chi connectivity index (χ4v) is 7.21. The van der Waals surface area contributed by atoms with Crippen molar-refractivity contribution < 1.29 is 9.90 Å². The van der Waals surface area contributed by atoms with E-state index in [4.69, 9.17) is 0 Å². The lowest BCUT2D eigenvalue weighted by molar-refractivity contribution is -0.136. The lowest BCUT2D eigenvalue weighted by Gasteiger charge is -2.55. The second kappa shape index (κ2) is 4.40. The molecule has 4 atom stereocenters. The van der Waals surface area contributed by atoms with Crippen LogP contribution in [0.25, 0.3) is 0 Å². The van der Waals surface area contributed by atoms with E-state index in [0.717, 1.165) is 38.8 Å². The maximum absolute atomic E-state index is 12.7. The minimum atomic E-state index is 0.169. The van der Waals surface area contributed by atoms with Crippen molar-refractivity contribution in [3.63, 3.8) is 0 Å². The Hall–Kier alpha value is -1.55. The normalized spacial score (nSPS) is 41.6. The van der Waals surface area contributed by atoms with Crippen LogP contribution < -0.4 is 0 Å². The molecule has 2 saturated carbocycles. The lowest BCUT2D eigenvalue weighted by Crippen LogP contribution is -2.64. The third-order valence-corrected chi connectivity index (χ3v) is 8.08. The third kappa shape index (κ3) is 1.69. The molecule has 2 heterocycles. The second-order valence-corrected chi connectivity index (χ2v) is 9.49. The molecule has 0 aromatic heterocycles. The summed E-state index contributed by atoms with van der Waals surface area (Å²) in [5, 5.41) is 10.1. The molecule has 25 heavy (non-hydrogen) atoms. The molecule has 4 heteroatoms. The summed E-state index contributed by atoms with van der Waals surface area (Å²) in [7, 11) is 2.26. The SMILES string of the molecule is CN1CC23Cc4ccc(O)cc4[C@]4(CCN(C(=O)C5CC5)C[C@H]4[C@H]12)C3. The Morgan fingerprint density at radius 1 is 1.32 bits per heavy atom. The average molecular weight is 338 g/mol. The molecule has 0 radical (unpaired) electrons. The number of phenolic OH excluding ortho intramolecular Hbond substituents is 1. The zero-order chi connectivity index (χ0) is 17.0. The fourth-order valence-electron chi connectivity index (χ4n) is 7.21. The first kappa shape index (κ1) is 14.6. The van der Waals surface area contributed by atoms with Crippen molar-refractivity contribution in [2.75, 3.05) is 26.7 Å². The van der Waals surface area contributed by atoms with E-state index < -0.39 is 0 Å². The van der Waals surface area contributed by atoms with E-state index in [-0.39, 0.29) is 5.41 Å². The van der Waals surface area contributed by atoms with Crippen LogP contribution in [0.3, 0.4) is 0 Å². The van der Waals surface area contributed by atoms with Gasteiger partial charge in [0.1, 0.15) is 5.75 Å². The largest absolute Gasteiger partial charge is 0.508 e. The van der Waals surface area contributed by atoms with Gasteiger partial charge in [-0.25, -0.2) is 0 Å². The van der Waals surface area contributed by atoms with Gasteiger partial charge < -0.3 is 14.9 Å². The van der Waals surface area contributed by atoms with Crippen LogP contribution >= 0.6 is 0 Å². The lowest BCUT2D eigenvalue weighted by atomic mass is 9.61. The molecule has 2 saturated heterocycles. The number of phenols is 1. The Bertz CT molecular complexity index is 788. The summed E-state index contributed by atoms with van der Waals surface area (Å²) in [6.45, 7) is 3.00. The van der Waals surface area contributed by atoms with Gasteiger partial charge in [-0.1, -0.05) is 6.07 Å². The zero-order valence-corrected chi connectivity index (χ0v) is 14.9. The molecule has 1 amide bonds. The summed E-state index contributed by atoms with van der Waals surface area (Å²) in [6, 6.07) is 6.65. The second-order valence-electron chi connectivity index (χ2n) is 9.49. The summed E-state index contributed by atoms with van der Waals surface area (Å²) in [5.41, 5.74) is 3.42. The van der Waals surface area contributed by atoms with Crippen LogP contribution in [-0.4, -0.2) is 53.5 Å². The van der Waals surface area contributed by atoms with Crippen molar-refractivity contribution in [1.82, 2.24) is 9.80 Å². The minimum absolute atomic E-state index is 0.169. The van der Waals surface area contributed by atoms with Gasteiger partial charge in [-0.15, -0.1) is 0 Å². The maximum Gasteiger partial charge on any atom is 0.225 e. The molecule has 2 spiro atoms. The summed E-state index contributed by atoms with van der Waals surface area (Å²) >= 11 is 0. The number of aromatic hydroxyl groups is 1. The van der Waals surface area contributed by atoms with Gasteiger partial charge >= 0.3 is 0 Å². The Balaban J connectivity index is 1.45. The number of hydrogen-bond donors (Lipinski definition) is 1. The smallest absolute Gasteiger partial charge is 0.225 e. The number of carbonyl (C=O) groups excluding carboxylic acids is 1. The number of nitrogens with zero attached hydrogens (tertiary/aromatic N) is 2. The summed E-state index contributed by atoms with van der Waals surface area (Å²) in [4.78, 5) is 17.4. The van der Waals surface area contributed by atoms with Crippen LogP contribution in [0.15, 0.2) is 18.2 Å². The molecule has 6 rings (SSSR count). The first-order valence-electron chi connectivity index (χ1n) is 9.84. The molecule has 1 aromatic rings.